The monoisotopic (exact) mass is 395 g/mol. The molecule has 2 heterocycles. The van der Waals surface area contributed by atoms with Gasteiger partial charge in [0.25, 0.3) is 5.91 Å². The van der Waals surface area contributed by atoms with Crippen molar-refractivity contribution in [3.63, 3.8) is 0 Å². The van der Waals surface area contributed by atoms with Crippen LogP contribution < -0.4 is 10.5 Å². The van der Waals surface area contributed by atoms with Crippen molar-refractivity contribution >= 4 is 23.2 Å². The van der Waals surface area contributed by atoms with Gasteiger partial charge in [-0.25, -0.2) is 4.99 Å². The molecule has 0 saturated carbocycles. The van der Waals surface area contributed by atoms with Crippen LogP contribution in [0.25, 0.3) is 10.4 Å². The predicted molar refractivity (Wildman–Crippen MR) is 95.4 cm³/mol. The van der Waals surface area contributed by atoms with Crippen LogP contribution in [0.5, 0.6) is 5.75 Å². The summed E-state index contributed by atoms with van der Waals surface area (Å²) in [7, 11) is 1.59. The van der Waals surface area contributed by atoms with E-state index >= 15 is 0 Å². The molecule has 0 bridgehead atoms. The number of carbonyl (C=O) groups is 1. The van der Waals surface area contributed by atoms with Gasteiger partial charge >= 0.3 is 6.36 Å². The number of alkyl halides is 3. The third-order valence-corrected chi connectivity index (χ3v) is 6.10. The first-order chi connectivity index (χ1) is 12.7. The van der Waals surface area contributed by atoms with Crippen LogP contribution >= 0.6 is 11.3 Å². The van der Waals surface area contributed by atoms with E-state index in [9.17, 15) is 18.0 Å². The second kappa shape index (κ2) is 5.98. The highest BCUT2D eigenvalue weighted by Gasteiger charge is 2.50. The number of benzene rings is 1. The van der Waals surface area contributed by atoms with Crippen molar-refractivity contribution in [1.82, 2.24) is 4.90 Å². The van der Waals surface area contributed by atoms with Gasteiger partial charge in [-0.1, -0.05) is 12.1 Å². The second-order valence-corrected chi connectivity index (χ2v) is 7.71. The minimum atomic E-state index is -4.75. The van der Waals surface area contributed by atoms with Crippen LogP contribution in [0, 0.1) is 0 Å². The Hall–Kier alpha value is -2.55. The lowest BCUT2D eigenvalue weighted by atomic mass is 9.80. The molecule has 2 N–H and O–H groups in total. The lowest BCUT2D eigenvalue weighted by Gasteiger charge is -2.29. The Morgan fingerprint density at radius 1 is 1.33 bits per heavy atom. The summed E-state index contributed by atoms with van der Waals surface area (Å²) < 4.78 is 41.5. The molecule has 2 aromatic rings. The van der Waals surface area contributed by atoms with Gasteiger partial charge in [0.15, 0.2) is 11.5 Å². The highest BCUT2D eigenvalue weighted by atomic mass is 32.1. The lowest BCUT2D eigenvalue weighted by molar-refractivity contribution is -0.274. The predicted octanol–water partition coefficient (Wildman–Crippen LogP) is 3.63. The van der Waals surface area contributed by atoms with Crippen molar-refractivity contribution in [2.45, 2.75) is 31.2 Å². The zero-order chi connectivity index (χ0) is 19.4. The molecule has 0 saturated heterocycles. The van der Waals surface area contributed by atoms with Gasteiger partial charge in [-0.15, -0.1) is 24.5 Å². The zero-order valence-corrected chi connectivity index (χ0v) is 15.2. The van der Waals surface area contributed by atoms with Gasteiger partial charge in [-0.05, 0) is 43.0 Å². The Morgan fingerprint density at radius 3 is 2.78 bits per heavy atom. The molecular formula is C18H16F3N3O2S. The average Bonchev–Trinajstić information content (AvgIpc) is 3.12. The standard InChI is InChI=1S/C18H16F3N3O2S/c1-24-15(25)17(23-16(24)22)7-3-6-13-12(17)9-14(27-13)10-4-2-5-11(8-10)26-18(19,20)21/h2,4-5,8-9H,3,6-7H2,1H3,(H2,22,23). The number of rotatable bonds is 2. The van der Waals surface area contributed by atoms with E-state index in [1.54, 1.807) is 13.1 Å². The Kier molecular flexibility index (Phi) is 3.95. The Morgan fingerprint density at radius 2 is 2.11 bits per heavy atom. The van der Waals surface area contributed by atoms with Crippen LogP contribution in [0.2, 0.25) is 0 Å². The van der Waals surface area contributed by atoms with Crippen LogP contribution in [0.15, 0.2) is 35.3 Å². The summed E-state index contributed by atoms with van der Waals surface area (Å²) in [6.07, 6.45) is -2.59. The fourth-order valence-electron chi connectivity index (χ4n) is 3.63. The third kappa shape index (κ3) is 2.95. The van der Waals surface area contributed by atoms with E-state index in [2.05, 4.69) is 9.73 Å². The molecule has 1 atom stereocenters. The maximum absolute atomic E-state index is 12.8. The summed E-state index contributed by atoms with van der Waals surface area (Å²) in [5.41, 5.74) is 6.25. The first-order valence-corrected chi connectivity index (χ1v) is 9.14. The van der Waals surface area contributed by atoms with E-state index in [-0.39, 0.29) is 17.6 Å². The van der Waals surface area contributed by atoms with Gasteiger partial charge in [0.1, 0.15) is 5.75 Å². The molecule has 4 rings (SSSR count). The van der Waals surface area contributed by atoms with Crippen molar-refractivity contribution in [2.24, 2.45) is 10.7 Å². The molecule has 0 radical (unpaired) electrons. The maximum atomic E-state index is 12.8. The third-order valence-electron chi connectivity index (χ3n) is 4.86. The molecule has 1 aliphatic heterocycles. The van der Waals surface area contributed by atoms with Crippen LogP contribution in [-0.4, -0.2) is 30.2 Å². The van der Waals surface area contributed by atoms with E-state index in [1.807, 2.05) is 6.07 Å². The van der Waals surface area contributed by atoms with E-state index < -0.39 is 11.9 Å². The molecule has 27 heavy (non-hydrogen) atoms. The van der Waals surface area contributed by atoms with Gasteiger partial charge in [0.05, 0.1) is 0 Å². The summed E-state index contributed by atoms with van der Waals surface area (Å²) in [5.74, 6) is -0.263. The highest BCUT2D eigenvalue weighted by Crippen LogP contribution is 2.48. The zero-order valence-electron chi connectivity index (χ0n) is 14.3. The topological polar surface area (TPSA) is 67.9 Å². The fourth-order valence-corrected chi connectivity index (χ4v) is 4.90. The molecule has 9 heteroatoms. The number of aryl methyl sites for hydroxylation is 1. The lowest BCUT2D eigenvalue weighted by Crippen LogP contribution is -2.41. The van der Waals surface area contributed by atoms with Crippen LogP contribution in [0.4, 0.5) is 13.2 Å². The molecule has 1 spiro atoms. The molecule has 142 valence electrons. The van der Waals surface area contributed by atoms with Crippen molar-refractivity contribution in [2.75, 3.05) is 7.05 Å². The molecule has 0 fully saturated rings. The van der Waals surface area contributed by atoms with Crippen molar-refractivity contribution in [3.05, 3.63) is 40.8 Å². The number of halogens is 3. The van der Waals surface area contributed by atoms with Crippen molar-refractivity contribution < 1.29 is 22.7 Å². The number of likely N-dealkylation sites (N-methyl/N-ethyl adjacent to an activating group) is 1. The minimum Gasteiger partial charge on any atom is -0.406 e. The summed E-state index contributed by atoms with van der Waals surface area (Å²) in [5, 5.41) is 0. The van der Waals surface area contributed by atoms with Crippen LogP contribution in [0.3, 0.4) is 0 Å². The van der Waals surface area contributed by atoms with Crippen LogP contribution in [-0.2, 0) is 16.8 Å². The average molecular weight is 395 g/mol. The Balaban J connectivity index is 1.75. The first-order valence-electron chi connectivity index (χ1n) is 8.32. The number of fused-ring (bicyclic) bond motifs is 2. The molecule has 2 aliphatic rings. The van der Waals surface area contributed by atoms with Crippen molar-refractivity contribution in [1.29, 1.82) is 0 Å². The first kappa shape index (κ1) is 17.8. The van der Waals surface area contributed by atoms with E-state index in [0.717, 1.165) is 28.2 Å². The largest absolute Gasteiger partial charge is 0.573 e. The molecule has 1 aromatic heterocycles. The number of nitrogens with two attached hydrogens (primary N) is 1. The fraction of sp³-hybridized carbons (Fsp3) is 0.333. The number of carbonyl (C=O) groups excluding carboxylic acids is 1. The number of guanidine groups is 1. The van der Waals surface area contributed by atoms with Gasteiger partial charge in [0, 0.05) is 22.4 Å². The number of aliphatic imine (C=N–C) groups is 1. The minimum absolute atomic E-state index is 0.167. The number of ether oxygens (including phenoxy) is 1. The summed E-state index contributed by atoms with van der Waals surface area (Å²) in [6, 6.07) is 7.67. The molecule has 1 unspecified atom stereocenters. The maximum Gasteiger partial charge on any atom is 0.573 e. The SMILES string of the molecule is CN1C(=O)C2(CCCc3sc(-c4cccc(OC(F)(F)F)c4)cc32)N=C1N. The molecule has 1 aromatic carbocycles. The summed E-state index contributed by atoms with van der Waals surface area (Å²) in [6.45, 7) is 0. The smallest absolute Gasteiger partial charge is 0.406 e. The quantitative estimate of drug-likeness (QED) is 0.844. The molecule has 1 amide bonds. The normalized spacial score (nSPS) is 22.1. The van der Waals surface area contributed by atoms with Gasteiger partial charge in [-0.2, -0.15) is 0 Å². The molecule has 5 nitrogen and oxygen atoms in total. The Labute approximate surface area is 157 Å². The number of thiophene rings is 1. The number of hydrogen-bond acceptors (Lipinski definition) is 5. The number of amides is 1. The van der Waals surface area contributed by atoms with E-state index in [0.29, 0.717) is 12.0 Å². The van der Waals surface area contributed by atoms with E-state index in [1.165, 1.54) is 34.4 Å². The van der Waals surface area contributed by atoms with Crippen molar-refractivity contribution in [3.8, 4) is 16.2 Å². The number of hydrogen-bond donors (Lipinski definition) is 1. The van der Waals surface area contributed by atoms with Gasteiger partial charge in [0.2, 0.25) is 0 Å². The van der Waals surface area contributed by atoms with Crippen LogP contribution in [0.1, 0.15) is 23.3 Å². The van der Waals surface area contributed by atoms with E-state index in [4.69, 9.17) is 5.73 Å². The van der Waals surface area contributed by atoms with Gasteiger partial charge in [-0.3, -0.25) is 9.69 Å². The molecular weight excluding hydrogens is 379 g/mol. The highest BCUT2D eigenvalue weighted by molar-refractivity contribution is 7.15. The Bertz CT molecular complexity index is 954. The second-order valence-electron chi connectivity index (χ2n) is 6.57. The molecule has 1 aliphatic carbocycles. The van der Waals surface area contributed by atoms with Gasteiger partial charge < -0.3 is 10.5 Å². The summed E-state index contributed by atoms with van der Waals surface area (Å²) >= 11 is 1.46. The summed E-state index contributed by atoms with van der Waals surface area (Å²) in [4.78, 5) is 20.4. The number of nitrogens with zero attached hydrogens (tertiary/aromatic N) is 2.